The second-order valence-corrected chi connectivity index (χ2v) is 9.58. The Kier molecular flexibility index (Phi) is 7.94. The Labute approximate surface area is 213 Å². The van der Waals surface area contributed by atoms with Crippen LogP contribution in [0, 0.1) is 6.92 Å². The SMILES string of the molecule is Cc1ccccc1C(NC(=O)Nc1ccc(Cl)cc1)C(=O)Nc1ccc(C(=O)N2CCSC2)cc1. The highest BCUT2D eigenvalue weighted by molar-refractivity contribution is 7.99. The van der Waals surface area contributed by atoms with Crippen LogP contribution < -0.4 is 16.0 Å². The van der Waals surface area contributed by atoms with Crippen LogP contribution in [0.2, 0.25) is 5.02 Å². The first-order valence-corrected chi connectivity index (χ1v) is 12.6. The normalized spacial score (nSPS) is 13.7. The predicted octanol–water partition coefficient (Wildman–Crippen LogP) is 5.30. The molecule has 35 heavy (non-hydrogen) atoms. The summed E-state index contributed by atoms with van der Waals surface area (Å²) in [7, 11) is 0. The molecule has 0 saturated carbocycles. The van der Waals surface area contributed by atoms with Crippen molar-refractivity contribution in [1.82, 2.24) is 10.2 Å². The number of benzene rings is 3. The van der Waals surface area contributed by atoms with E-state index in [-0.39, 0.29) is 5.91 Å². The van der Waals surface area contributed by atoms with Crippen molar-refractivity contribution in [3.05, 3.63) is 94.5 Å². The second-order valence-electron chi connectivity index (χ2n) is 8.07. The van der Waals surface area contributed by atoms with E-state index in [1.807, 2.05) is 25.1 Å². The van der Waals surface area contributed by atoms with E-state index in [1.165, 1.54) is 0 Å². The summed E-state index contributed by atoms with van der Waals surface area (Å²) in [5.41, 5.74) is 3.19. The Morgan fingerprint density at radius 2 is 1.57 bits per heavy atom. The van der Waals surface area contributed by atoms with Crippen LogP contribution in [0.1, 0.15) is 27.5 Å². The molecule has 1 unspecified atom stereocenters. The molecule has 1 heterocycles. The molecule has 3 N–H and O–H groups in total. The minimum absolute atomic E-state index is 0.0220. The molecular formula is C26H25ClN4O3S. The van der Waals surface area contributed by atoms with E-state index in [4.69, 9.17) is 11.6 Å². The monoisotopic (exact) mass is 508 g/mol. The van der Waals surface area contributed by atoms with Crippen molar-refractivity contribution >= 4 is 52.6 Å². The first-order chi connectivity index (χ1) is 16.9. The second kappa shape index (κ2) is 11.3. The standard InChI is InChI=1S/C26H25ClN4O3S/c1-17-4-2-3-5-22(17)23(30-26(34)29-21-12-8-19(27)9-13-21)24(32)28-20-10-6-18(7-11-20)25(33)31-14-15-35-16-31/h2-13,23H,14-16H2,1H3,(H,28,32)(H2,29,30,34). The predicted molar refractivity (Wildman–Crippen MR) is 141 cm³/mol. The summed E-state index contributed by atoms with van der Waals surface area (Å²) >= 11 is 7.63. The number of hydrogen-bond acceptors (Lipinski definition) is 4. The highest BCUT2D eigenvalue weighted by Gasteiger charge is 2.25. The van der Waals surface area contributed by atoms with Crippen LogP contribution in [0.25, 0.3) is 0 Å². The summed E-state index contributed by atoms with van der Waals surface area (Å²) < 4.78 is 0. The van der Waals surface area contributed by atoms with Crippen LogP contribution in [0.3, 0.4) is 0 Å². The van der Waals surface area contributed by atoms with Gasteiger partial charge in [-0.25, -0.2) is 4.79 Å². The Bertz CT molecular complexity index is 1210. The van der Waals surface area contributed by atoms with Gasteiger partial charge in [0.05, 0.1) is 5.88 Å². The number of aryl methyl sites for hydroxylation is 1. The molecule has 0 radical (unpaired) electrons. The van der Waals surface area contributed by atoms with Gasteiger partial charge in [0.15, 0.2) is 0 Å². The molecule has 4 rings (SSSR count). The molecule has 1 fully saturated rings. The topological polar surface area (TPSA) is 90.5 Å². The fraction of sp³-hybridized carbons (Fsp3) is 0.192. The number of urea groups is 1. The minimum Gasteiger partial charge on any atom is -0.329 e. The average Bonchev–Trinajstić information content (AvgIpc) is 3.40. The zero-order valence-corrected chi connectivity index (χ0v) is 20.7. The summed E-state index contributed by atoms with van der Waals surface area (Å²) in [6.07, 6.45) is 0. The highest BCUT2D eigenvalue weighted by Crippen LogP contribution is 2.22. The maximum atomic E-state index is 13.3. The molecule has 3 aromatic carbocycles. The fourth-order valence-electron chi connectivity index (χ4n) is 3.69. The summed E-state index contributed by atoms with van der Waals surface area (Å²) in [4.78, 5) is 40.4. The molecule has 1 aliphatic rings. The van der Waals surface area contributed by atoms with Gasteiger partial charge in [0.1, 0.15) is 6.04 Å². The molecule has 180 valence electrons. The van der Waals surface area contributed by atoms with Gasteiger partial charge in [0.25, 0.3) is 11.8 Å². The lowest BCUT2D eigenvalue weighted by molar-refractivity contribution is -0.118. The lowest BCUT2D eigenvalue weighted by Crippen LogP contribution is -2.39. The van der Waals surface area contributed by atoms with E-state index < -0.39 is 18.0 Å². The maximum absolute atomic E-state index is 13.3. The van der Waals surface area contributed by atoms with Crippen molar-refractivity contribution in [3.63, 3.8) is 0 Å². The summed E-state index contributed by atoms with van der Waals surface area (Å²) in [6.45, 7) is 2.62. The third-order valence-electron chi connectivity index (χ3n) is 5.58. The van der Waals surface area contributed by atoms with Crippen LogP contribution in [0.5, 0.6) is 0 Å². The number of anilines is 2. The van der Waals surface area contributed by atoms with Gasteiger partial charge >= 0.3 is 6.03 Å². The highest BCUT2D eigenvalue weighted by atomic mass is 35.5. The molecule has 1 atom stereocenters. The third kappa shape index (κ3) is 6.35. The molecule has 0 bridgehead atoms. The summed E-state index contributed by atoms with van der Waals surface area (Å²) in [5, 5.41) is 8.90. The molecule has 1 aliphatic heterocycles. The lowest BCUT2D eigenvalue weighted by Gasteiger charge is -2.21. The van der Waals surface area contributed by atoms with E-state index in [0.717, 1.165) is 17.9 Å². The number of amides is 4. The number of hydrogen-bond donors (Lipinski definition) is 3. The molecule has 3 aromatic rings. The molecule has 0 aliphatic carbocycles. The van der Waals surface area contributed by atoms with Crippen LogP contribution in [0.15, 0.2) is 72.8 Å². The molecule has 1 saturated heterocycles. The van der Waals surface area contributed by atoms with Gasteiger partial charge in [-0.15, -0.1) is 11.8 Å². The van der Waals surface area contributed by atoms with Crippen molar-refractivity contribution in [2.75, 3.05) is 28.8 Å². The molecule has 4 amide bonds. The largest absolute Gasteiger partial charge is 0.329 e. The van der Waals surface area contributed by atoms with E-state index >= 15 is 0 Å². The van der Waals surface area contributed by atoms with Crippen molar-refractivity contribution in [1.29, 1.82) is 0 Å². The Morgan fingerprint density at radius 3 is 2.23 bits per heavy atom. The molecule has 9 heteroatoms. The first kappa shape index (κ1) is 24.6. The Balaban J connectivity index is 1.48. The Morgan fingerprint density at radius 1 is 0.914 bits per heavy atom. The van der Waals surface area contributed by atoms with Crippen molar-refractivity contribution in [2.45, 2.75) is 13.0 Å². The fourth-order valence-corrected chi connectivity index (χ4v) is 4.77. The number of nitrogens with one attached hydrogen (secondary N) is 3. The van der Waals surface area contributed by atoms with E-state index in [2.05, 4.69) is 16.0 Å². The van der Waals surface area contributed by atoms with Gasteiger partial charge in [-0.2, -0.15) is 0 Å². The van der Waals surface area contributed by atoms with Crippen LogP contribution in [0.4, 0.5) is 16.2 Å². The van der Waals surface area contributed by atoms with Gasteiger partial charge in [0, 0.05) is 34.3 Å². The number of nitrogens with zero attached hydrogens (tertiary/aromatic N) is 1. The number of carbonyl (C=O) groups is 3. The summed E-state index contributed by atoms with van der Waals surface area (Å²) in [5.74, 6) is 1.21. The van der Waals surface area contributed by atoms with E-state index in [0.29, 0.717) is 33.4 Å². The molecular weight excluding hydrogens is 484 g/mol. The van der Waals surface area contributed by atoms with Crippen LogP contribution >= 0.6 is 23.4 Å². The lowest BCUT2D eigenvalue weighted by atomic mass is 10.0. The van der Waals surface area contributed by atoms with Crippen molar-refractivity contribution in [2.24, 2.45) is 0 Å². The first-order valence-electron chi connectivity index (χ1n) is 11.1. The number of rotatable bonds is 6. The Hall–Kier alpha value is -3.49. The van der Waals surface area contributed by atoms with Crippen LogP contribution in [-0.2, 0) is 4.79 Å². The van der Waals surface area contributed by atoms with E-state index in [9.17, 15) is 14.4 Å². The van der Waals surface area contributed by atoms with Gasteiger partial charge < -0.3 is 20.9 Å². The maximum Gasteiger partial charge on any atom is 0.320 e. The van der Waals surface area contributed by atoms with Gasteiger partial charge in [-0.05, 0) is 66.6 Å². The van der Waals surface area contributed by atoms with Gasteiger partial charge in [-0.3, -0.25) is 9.59 Å². The summed E-state index contributed by atoms with van der Waals surface area (Å²) in [6, 6.07) is 19.4. The smallest absolute Gasteiger partial charge is 0.320 e. The number of thioether (sulfide) groups is 1. The van der Waals surface area contributed by atoms with Crippen LogP contribution in [-0.4, -0.2) is 40.9 Å². The average molecular weight is 509 g/mol. The quantitative estimate of drug-likeness (QED) is 0.421. The molecule has 7 nitrogen and oxygen atoms in total. The zero-order chi connectivity index (χ0) is 24.8. The third-order valence-corrected chi connectivity index (χ3v) is 6.80. The number of carbonyl (C=O) groups excluding carboxylic acids is 3. The van der Waals surface area contributed by atoms with Gasteiger partial charge in [-0.1, -0.05) is 35.9 Å². The molecule has 0 spiro atoms. The van der Waals surface area contributed by atoms with E-state index in [1.54, 1.807) is 71.3 Å². The van der Waals surface area contributed by atoms with Crippen molar-refractivity contribution < 1.29 is 14.4 Å². The zero-order valence-electron chi connectivity index (χ0n) is 19.1. The van der Waals surface area contributed by atoms with Crippen molar-refractivity contribution in [3.8, 4) is 0 Å². The minimum atomic E-state index is -0.938. The molecule has 0 aromatic heterocycles. The van der Waals surface area contributed by atoms with Gasteiger partial charge in [0.2, 0.25) is 0 Å². The number of halogens is 1.